The lowest BCUT2D eigenvalue weighted by molar-refractivity contribution is -0.148. The average Bonchev–Trinajstić information content (AvgIpc) is 2.90. The van der Waals surface area contributed by atoms with Crippen LogP contribution in [0.4, 0.5) is 4.39 Å². The van der Waals surface area contributed by atoms with Crippen molar-refractivity contribution in [1.82, 2.24) is 4.90 Å². The number of nitrogens with zero attached hydrogens (tertiary/aromatic N) is 1. The largest absolute Gasteiger partial charge is 0.497 e. The Hall–Kier alpha value is -2.86. The molecule has 6 heteroatoms. The van der Waals surface area contributed by atoms with Gasteiger partial charge in [-0.1, -0.05) is 11.6 Å². The van der Waals surface area contributed by atoms with E-state index >= 15 is 0 Å². The van der Waals surface area contributed by atoms with Gasteiger partial charge in [0, 0.05) is 30.8 Å². The van der Waals surface area contributed by atoms with E-state index in [1.54, 1.807) is 33.1 Å². The van der Waals surface area contributed by atoms with Crippen molar-refractivity contribution >= 4 is 11.5 Å². The highest BCUT2D eigenvalue weighted by atomic mass is 19.1. The van der Waals surface area contributed by atoms with Crippen LogP contribution in [0.3, 0.4) is 0 Å². The summed E-state index contributed by atoms with van der Waals surface area (Å²) < 4.78 is 25.6. The Kier molecular flexibility index (Phi) is 5.75. The molecule has 1 saturated heterocycles. The molecule has 2 aliphatic heterocycles. The molecule has 0 atom stereocenters. The Morgan fingerprint density at radius 1 is 1.16 bits per heavy atom. The van der Waals surface area contributed by atoms with Crippen LogP contribution < -0.4 is 9.47 Å². The summed E-state index contributed by atoms with van der Waals surface area (Å²) in [5.41, 5.74) is 4.31. The Morgan fingerprint density at radius 3 is 2.58 bits per heavy atom. The van der Waals surface area contributed by atoms with Gasteiger partial charge >= 0.3 is 5.97 Å². The predicted molar refractivity (Wildman–Crippen MR) is 117 cm³/mol. The van der Waals surface area contributed by atoms with Crippen molar-refractivity contribution in [3.63, 3.8) is 0 Å². The predicted octanol–water partition coefficient (Wildman–Crippen LogP) is 4.74. The van der Waals surface area contributed by atoms with E-state index < -0.39 is 11.4 Å². The summed E-state index contributed by atoms with van der Waals surface area (Å²) in [6, 6.07) is 10.6. The standard InChI is InChI=1S/C25H28FNO4/c1-25(2,24(28)29)15-27-10-8-16(9-11-27)23-20-6-5-19(30-3)12-17(20)14-31-22-7-4-18(26)13-21(22)23/h4-7,12-13H,8-11,14-15H2,1-3H3,(H,28,29). The molecule has 0 bridgehead atoms. The Balaban J connectivity index is 1.73. The molecule has 4 rings (SSSR count). The fourth-order valence-corrected chi connectivity index (χ4v) is 4.42. The summed E-state index contributed by atoms with van der Waals surface area (Å²) in [5, 5.41) is 9.45. The molecule has 0 saturated carbocycles. The van der Waals surface area contributed by atoms with Gasteiger partial charge in [0.2, 0.25) is 0 Å². The first-order chi connectivity index (χ1) is 14.8. The van der Waals surface area contributed by atoms with E-state index in [4.69, 9.17) is 9.47 Å². The molecule has 0 aromatic heterocycles. The molecule has 1 N–H and O–H groups in total. The molecule has 2 aliphatic rings. The highest BCUT2D eigenvalue weighted by Gasteiger charge is 2.32. The normalized spacial score (nSPS) is 16.8. The van der Waals surface area contributed by atoms with E-state index in [-0.39, 0.29) is 5.82 Å². The third-order valence-electron chi connectivity index (χ3n) is 6.19. The van der Waals surface area contributed by atoms with Crippen LogP contribution in [-0.4, -0.2) is 42.7 Å². The van der Waals surface area contributed by atoms with E-state index in [9.17, 15) is 14.3 Å². The summed E-state index contributed by atoms with van der Waals surface area (Å²) in [6.07, 6.45) is 1.60. The third kappa shape index (κ3) is 4.30. The molecule has 2 aromatic rings. The first-order valence-electron chi connectivity index (χ1n) is 10.6. The van der Waals surface area contributed by atoms with Gasteiger partial charge < -0.3 is 19.5 Å². The molecular weight excluding hydrogens is 397 g/mol. The van der Waals surface area contributed by atoms with Crippen molar-refractivity contribution in [2.45, 2.75) is 33.3 Å². The third-order valence-corrected chi connectivity index (χ3v) is 6.19. The second-order valence-corrected chi connectivity index (χ2v) is 8.90. The number of hydrogen-bond acceptors (Lipinski definition) is 4. The number of hydrogen-bond donors (Lipinski definition) is 1. The van der Waals surface area contributed by atoms with Crippen LogP contribution in [0.5, 0.6) is 11.5 Å². The van der Waals surface area contributed by atoms with Crippen LogP contribution in [0.2, 0.25) is 0 Å². The molecule has 0 aliphatic carbocycles. The van der Waals surface area contributed by atoms with Crippen LogP contribution in [0, 0.1) is 11.2 Å². The molecule has 5 nitrogen and oxygen atoms in total. The maximum atomic E-state index is 14.2. The maximum absolute atomic E-state index is 14.2. The van der Waals surface area contributed by atoms with Crippen molar-refractivity contribution in [3.05, 3.63) is 64.5 Å². The number of ether oxygens (including phenoxy) is 2. The highest BCUT2D eigenvalue weighted by Crippen LogP contribution is 2.42. The van der Waals surface area contributed by atoms with E-state index in [2.05, 4.69) is 4.90 Å². The van der Waals surface area contributed by atoms with Gasteiger partial charge in [-0.3, -0.25) is 4.79 Å². The van der Waals surface area contributed by atoms with E-state index in [0.29, 0.717) is 18.9 Å². The number of fused-ring (bicyclic) bond motifs is 2. The summed E-state index contributed by atoms with van der Waals surface area (Å²) >= 11 is 0. The lowest BCUT2D eigenvalue weighted by Crippen LogP contribution is -2.42. The number of rotatable bonds is 4. The molecular formula is C25H28FNO4. The van der Waals surface area contributed by atoms with Crippen LogP contribution in [0.15, 0.2) is 42.0 Å². The van der Waals surface area contributed by atoms with Crippen LogP contribution in [-0.2, 0) is 11.4 Å². The number of carboxylic acid groups (broad SMARTS) is 1. The van der Waals surface area contributed by atoms with Crippen LogP contribution in [0.25, 0.3) is 5.57 Å². The minimum absolute atomic E-state index is 0.293. The number of methoxy groups -OCH3 is 1. The Labute approximate surface area is 182 Å². The lowest BCUT2D eigenvalue weighted by atomic mass is 9.85. The fraction of sp³-hybridized carbons (Fsp3) is 0.400. The van der Waals surface area contributed by atoms with Gasteiger partial charge in [0.05, 0.1) is 12.5 Å². The molecule has 2 aromatic carbocycles. The number of aliphatic carboxylic acids is 1. The van der Waals surface area contributed by atoms with Crippen molar-refractivity contribution in [2.24, 2.45) is 5.41 Å². The summed E-state index contributed by atoms with van der Waals surface area (Å²) in [7, 11) is 1.64. The van der Waals surface area contributed by atoms with Gasteiger partial charge in [-0.2, -0.15) is 0 Å². The zero-order chi connectivity index (χ0) is 22.2. The van der Waals surface area contributed by atoms with E-state index in [1.807, 2.05) is 18.2 Å². The van der Waals surface area contributed by atoms with Crippen molar-refractivity contribution in [1.29, 1.82) is 0 Å². The summed E-state index contributed by atoms with van der Waals surface area (Å²) in [6.45, 7) is 5.95. The van der Waals surface area contributed by atoms with E-state index in [1.165, 1.54) is 11.6 Å². The maximum Gasteiger partial charge on any atom is 0.310 e. The minimum atomic E-state index is -0.792. The monoisotopic (exact) mass is 425 g/mol. The average molecular weight is 426 g/mol. The van der Waals surface area contributed by atoms with Gasteiger partial charge in [-0.05, 0) is 68.2 Å². The molecule has 0 unspecified atom stereocenters. The molecule has 0 amide bonds. The molecule has 164 valence electrons. The zero-order valence-corrected chi connectivity index (χ0v) is 18.2. The smallest absolute Gasteiger partial charge is 0.310 e. The van der Waals surface area contributed by atoms with Crippen LogP contribution in [0.1, 0.15) is 43.4 Å². The van der Waals surface area contributed by atoms with Gasteiger partial charge in [-0.15, -0.1) is 0 Å². The minimum Gasteiger partial charge on any atom is -0.497 e. The SMILES string of the molecule is COc1ccc2c(c1)COc1ccc(F)cc1C2=C1CCN(CC(C)(C)C(=O)O)CC1. The molecule has 1 fully saturated rings. The fourth-order valence-electron chi connectivity index (χ4n) is 4.42. The van der Waals surface area contributed by atoms with Gasteiger partial charge in [0.15, 0.2) is 0 Å². The van der Waals surface area contributed by atoms with Crippen molar-refractivity contribution < 1.29 is 23.8 Å². The highest BCUT2D eigenvalue weighted by molar-refractivity contribution is 5.87. The Bertz CT molecular complexity index is 1030. The van der Waals surface area contributed by atoms with Crippen molar-refractivity contribution in [3.8, 4) is 11.5 Å². The second-order valence-electron chi connectivity index (χ2n) is 8.90. The summed E-state index contributed by atoms with van der Waals surface area (Å²) in [5.74, 6) is 0.353. The Morgan fingerprint density at radius 2 is 1.90 bits per heavy atom. The van der Waals surface area contributed by atoms with Gasteiger partial charge in [0.1, 0.15) is 23.9 Å². The number of likely N-dealkylation sites (tertiary alicyclic amines) is 1. The molecule has 31 heavy (non-hydrogen) atoms. The zero-order valence-electron chi connectivity index (χ0n) is 18.2. The first kappa shape index (κ1) is 21.4. The number of piperidine rings is 1. The topological polar surface area (TPSA) is 59.0 Å². The second kappa shape index (κ2) is 8.35. The van der Waals surface area contributed by atoms with Crippen LogP contribution >= 0.6 is 0 Å². The number of halogens is 1. The first-order valence-corrected chi connectivity index (χ1v) is 10.6. The quantitative estimate of drug-likeness (QED) is 0.767. The number of carbonyl (C=O) groups is 1. The number of carboxylic acids is 1. The van der Waals surface area contributed by atoms with Crippen molar-refractivity contribution in [2.75, 3.05) is 26.7 Å². The lowest BCUT2D eigenvalue weighted by Gasteiger charge is -2.34. The number of benzene rings is 2. The molecule has 0 radical (unpaired) electrons. The van der Waals surface area contributed by atoms with Gasteiger partial charge in [0.25, 0.3) is 0 Å². The van der Waals surface area contributed by atoms with Gasteiger partial charge in [-0.25, -0.2) is 4.39 Å². The molecule has 0 spiro atoms. The summed E-state index contributed by atoms with van der Waals surface area (Å²) in [4.78, 5) is 13.7. The van der Waals surface area contributed by atoms with E-state index in [0.717, 1.165) is 53.9 Å². The molecule has 2 heterocycles.